The zero-order valence-electron chi connectivity index (χ0n) is 19.9. The molecule has 36 heavy (non-hydrogen) atoms. The van der Waals surface area contributed by atoms with E-state index in [2.05, 4.69) is 97.1 Å². The zero-order chi connectivity index (χ0) is 25.1. The summed E-state index contributed by atoms with van der Waals surface area (Å²) in [6.07, 6.45) is 1.01. The van der Waals surface area contributed by atoms with Crippen LogP contribution in [0.25, 0.3) is 33.4 Å². The molecule has 6 rings (SSSR count). The summed E-state index contributed by atoms with van der Waals surface area (Å²) >= 11 is 0. The van der Waals surface area contributed by atoms with Crippen LogP contribution in [0, 0.1) is 6.92 Å². The predicted octanol–water partition coefficient (Wildman–Crippen LogP) is 7.83. The second-order valence-corrected chi connectivity index (χ2v) is 10.3. The third kappa shape index (κ3) is 4.87. The molecule has 0 atom stereocenters. The van der Waals surface area contributed by atoms with Crippen molar-refractivity contribution in [3.05, 3.63) is 138 Å². The lowest BCUT2D eigenvalue weighted by molar-refractivity contribution is 0.483. The molecular formula is C32H26O3S. The predicted molar refractivity (Wildman–Crippen MR) is 147 cm³/mol. The highest BCUT2D eigenvalue weighted by Gasteiger charge is 2.23. The summed E-state index contributed by atoms with van der Waals surface area (Å²) in [5.74, 6) is 0. The Kier molecular flexibility index (Phi) is 6.55. The van der Waals surface area contributed by atoms with E-state index in [0.29, 0.717) is 0 Å². The van der Waals surface area contributed by atoms with E-state index < -0.39 is 10.1 Å². The standard InChI is InChI=1S/C25H18.C7H8O3S/c1-3-9-18(10-4-1)22-15-16-23-21-14-8-7-13-20(21)17-24(23)25(22)19-11-5-2-6-12-19;1-6-2-4-7(5-3-6)11(8,9)10/h1-16H,17H2;2-5H,1H3,(H,8,9,10). The first-order valence-corrected chi connectivity index (χ1v) is 13.2. The van der Waals surface area contributed by atoms with E-state index in [4.69, 9.17) is 4.55 Å². The number of hydrogen-bond donors (Lipinski definition) is 1. The van der Waals surface area contributed by atoms with Crippen molar-refractivity contribution in [1.29, 1.82) is 0 Å². The Hall–Kier alpha value is -3.99. The summed E-state index contributed by atoms with van der Waals surface area (Å²) in [5, 5.41) is 0. The number of hydrogen-bond acceptors (Lipinski definition) is 2. The Morgan fingerprint density at radius 1 is 0.583 bits per heavy atom. The zero-order valence-corrected chi connectivity index (χ0v) is 20.7. The maximum atomic E-state index is 10.5. The molecule has 0 radical (unpaired) electrons. The lowest BCUT2D eigenvalue weighted by atomic mass is 9.88. The van der Waals surface area contributed by atoms with E-state index in [9.17, 15) is 8.42 Å². The molecule has 0 aliphatic heterocycles. The number of aryl methyl sites for hydroxylation is 1. The highest BCUT2D eigenvalue weighted by Crippen LogP contribution is 2.45. The van der Waals surface area contributed by atoms with Crippen LogP contribution >= 0.6 is 0 Å². The van der Waals surface area contributed by atoms with Gasteiger partial charge < -0.3 is 0 Å². The fraction of sp³-hybridized carbons (Fsp3) is 0.0625. The minimum Gasteiger partial charge on any atom is -0.282 e. The molecule has 5 aromatic rings. The average Bonchev–Trinajstić information content (AvgIpc) is 3.28. The van der Waals surface area contributed by atoms with Crippen molar-refractivity contribution in [1.82, 2.24) is 0 Å². The van der Waals surface area contributed by atoms with Gasteiger partial charge in [-0.3, -0.25) is 4.55 Å². The van der Waals surface area contributed by atoms with Crippen molar-refractivity contribution >= 4 is 10.1 Å². The Morgan fingerprint density at radius 3 is 1.78 bits per heavy atom. The molecule has 5 aromatic carbocycles. The number of rotatable bonds is 3. The van der Waals surface area contributed by atoms with E-state index in [-0.39, 0.29) is 4.90 Å². The molecule has 4 heteroatoms. The number of benzene rings is 5. The molecule has 0 unspecified atom stereocenters. The van der Waals surface area contributed by atoms with Gasteiger partial charge in [-0.25, -0.2) is 0 Å². The van der Waals surface area contributed by atoms with Crippen LogP contribution in [-0.4, -0.2) is 13.0 Å². The molecule has 0 saturated carbocycles. The summed E-state index contributed by atoms with van der Waals surface area (Å²) in [7, 11) is -4.02. The van der Waals surface area contributed by atoms with Gasteiger partial charge in [-0.2, -0.15) is 8.42 Å². The quantitative estimate of drug-likeness (QED) is 0.257. The molecule has 178 valence electrons. The van der Waals surface area contributed by atoms with E-state index >= 15 is 0 Å². The van der Waals surface area contributed by atoms with Gasteiger partial charge in [-0.1, -0.05) is 115 Å². The summed E-state index contributed by atoms with van der Waals surface area (Å²) in [6, 6.07) is 40.9. The van der Waals surface area contributed by atoms with Gasteiger partial charge in [-0.05, 0) is 70.0 Å². The van der Waals surface area contributed by atoms with Gasteiger partial charge in [0.1, 0.15) is 0 Å². The monoisotopic (exact) mass is 490 g/mol. The van der Waals surface area contributed by atoms with Crippen molar-refractivity contribution in [3.8, 4) is 33.4 Å². The van der Waals surface area contributed by atoms with Crippen LogP contribution in [0.15, 0.2) is 126 Å². The van der Waals surface area contributed by atoms with Crippen molar-refractivity contribution in [2.45, 2.75) is 18.2 Å². The summed E-state index contributed by atoms with van der Waals surface area (Å²) < 4.78 is 29.6. The van der Waals surface area contributed by atoms with Gasteiger partial charge in [0, 0.05) is 0 Å². The molecule has 1 aliphatic rings. The van der Waals surface area contributed by atoms with E-state index in [1.807, 2.05) is 6.92 Å². The fourth-order valence-electron chi connectivity index (χ4n) is 4.71. The Bertz CT molecular complexity index is 1610. The molecule has 1 N–H and O–H groups in total. The first-order chi connectivity index (χ1) is 17.4. The summed E-state index contributed by atoms with van der Waals surface area (Å²) in [6.45, 7) is 1.84. The van der Waals surface area contributed by atoms with Gasteiger partial charge in [0.15, 0.2) is 0 Å². The fourth-order valence-corrected chi connectivity index (χ4v) is 5.19. The van der Waals surface area contributed by atoms with Crippen molar-refractivity contribution in [2.75, 3.05) is 0 Å². The molecule has 0 spiro atoms. The van der Waals surface area contributed by atoms with Crippen molar-refractivity contribution in [3.63, 3.8) is 0 Å². The van der Waals surface area contributed by atoms with Crippen LogP contribution in [0.1, 0.15) is 16.7 Å². The van der Waals surface area contributed by atoms with Crippen LogP contribution in [-0.2, 0) is 16.5 Å². The van der Waals surface area contributed by atoms with Crippen molar-refractivity contribution < 1.29 is 13.0 Å². The summed E-state index contributed by atoms with van der Waals surface area (Å²) in [4.78, 5) is -0.0666. The lowest BCUT2D eigenvalue weighted by Crippen LogP contribution is -1.96. The highest BCUT2D eigenvalue weighted by atomic mass is 32.2. The topological polar surface area (TPSA) is 54.4 Å². The molecule has 0 bridgehead atoms. The van der Waals surface area contributed by atoms with Gasteiger partial charge in [0.2, 0.25) is 0 Å². The Labute approximate surface area is 212 Å². The molecule has 0 heterocycles. The number of fused-ring (bicyclic) bond motifs is 3. The highest BCUT2D eigenvalue weighted by molar-refractivity contribution is 7.85. The first kappa shape index (κ1) is 23.7. The SMILES string of the molecule is Cc1ccc(S(=O)(=O)O)cc1.c1ccc(-c2ccc3c(c2-c2ccccc2)Cc2ccccc2-3)cc1. The minimum atomic E-state index is -4.02. The van der Waals surface area contributed by atoms with Gasteiger partial charge in [0.25, 0.3) is 10.1 Å². The Morgan fingerprint density at radius 2 is 1.14 bits per heavy atom. The summed E-state index contributed by atoms with van der Waals surface area (Å²) in [5.41, 5.74) is 11.9. The molecule has 0 aromatic heterocycles. The normalized spacial score (nSPS) is 11.7. The van der Waals surface area contributed by atoms with Gasteiger partial charge >= 0.3 is 0 Å². The second-order valence-electron chi connectivity index (χ2n) is 8.87. The molecule has 3 nitrogen and oxygen atoms in total. The molecule has 0 amide bonds. The van der Waals surface area contributed by atoms with Gasteiger partial charge in [-0.15, -0.1) is 0 Å². The maximum Gasteiger partial charge on any atom is 0.294 e. The smallest absolute Gasteiger partial charge is 0.282 e. The first-order valence-electron chi connectivity index (χ1n) is 11.8. The van der Waals surface area contributed by atoms with Crippen LogP contribution in [0.5, 0.6) is 0 Å². The minimum absolute atomic E-state index is 0.0666. The maximum absolute atomic E-state index is 10.5. The molecule has 1 aliphatic carbocycles. The van der Waals surface area contributed by atoms with Crippen molar-refractivity contribution in [2.24, 2.45) is 0 Å². The second kappa shape index (κ2) is 9.94. The third-order valence-corrected chi connectivity index (χ3v) is 7.32. The van der Waals surface area contributed by atoms with E-state index in [1.165, 1.54) is 56.6 Å². The van der Waals surface area contributed by atoms with Crippen LogP contribution < -0.4 is 0 Å². The Balaban J connectivity index is 0.000000205. The van der Waals surface area contributed by atoms with Crippen LogP contribution in [0.4, 0.5) is 0 Å². The molecular weight excluding hydrogens is 464 g/mol. The van der Waals surface area contributed by atoms with Crippen LogP contribution in [0.2, 0.25) is 0 Å². The molecule has 0 saturated heterocycles. The van der Waals surface area contributed by atoms with Crippen LogP contribution in [0.3, 0.4) is 0 Å². The largest absolute Gasteiger partial charge is 0.294 e. The van der Waals surface area contributed by atoms with Gasteiger partial charge in [0.05, 0.1) is 4.90 Å². The van der Waals surface area contributed by atoms with E-state index in [0.717, 1.165) is 12.0 Å². The third-order valence-electron chi connectivity index (χ3n) is 6.45. The average molecular weight is 491 g/mol. The van der Waals surface area contributed by atoms with E-state index in [1.54, 1.807) is 12.1 Å². The lowest BCUT2D eigenvalue weighted by Gasteiger charge is -2.16. The molecule has 0 fully saturated rings.